The fraction of sp³-hybridized carbons (Fsp3) is 0.476. The molecule has 2 N–H and O–H groups in total. The number of carbonyl (C=O) groups excluding carboxylic acids is 1. The number of aromatic nitrogens is 1. The van der Waals surface area contributed by atoms with Crippen molar-refractivity contribution in [2.75, 3.05) is 13.2 Å². The van der Waals surface area contributed by atoms with Gasteiger partial charge in [0.05, 0.1) is 11.7 Å². The molecule has 3 rings (SSSR count). The number of ether oxygens (including phenoxy) is 1. The van der Waals surface area contributed by atoms with Crippen LogP contribution in [0.1, 0.15) is 46.2 Å². The van der Waals surface area contributed by atoms with Gasteiger partial charge >= 0.3 is 0 Å². The Kier molecular flexibility index (Phi) is 4.95. The van der Waals surface area contributed by atoms with Crippen LogP contribution in [0.4, 0.5) is 0 Å². The Morgan fingerprint density at radius 3 is 2.46 bits per heavy atom. The zero-order valence-corrected chi connectivity index (χ0v) is 16.2. The van der Waals surface area contributed by atoms with Gasteiger partial charge in [0.2, 0.25) is 0 Å². The number of rotatable bonds is 4. The van der Waals surface area contributed by atoms with Crippen LogP contribution in [-0.4, -0.2) is 40.4 Å². The Bertz CT molecular complexity index is 820. The van der Waals surface area contributed by atoms with Crippen molar-refractivity contribution >= 4 is 5.91 Å². The second-order valence-corrected chi connectivity index (χ2v) is 7.52. The van der Waals surface area contributed by atoms with E-state index in [-0.39, 0.29) is 18.6 Å². The van der Waals surface area contributed by atoms with Crippen LogP contribution in [0.25, 0.3) is 5.69 Å². The van der Waals surface area contributed by atoms with Crippen LogP contribution >= 0.6 is 0 Å². The number of hydrogen-bond acceptors (Lipinski definition) is 3. The van der Waals surface area contributed by atoms with Crippen molar-refractivity contribution in [2.24, 2.45) is 0 Å². The molecule has 5 heteroatoms. The van der Waals surface area contributed by atoms with Gasteiger partial charge in [-0.25, -0.2) is 0 Å². The molecule has 2 atom stereocenters. The van der Waals surface area contributed by atoms with E-state index in [1.165, 1.54) is 11.1 Å². The number of aliphatic hydroxyl groups is 1. The van der Waals surface area contributed by atoms with Crippen LogP contribution in [0, 0.1) is 27.7 Å². The highest BCUT2D eigenvalue weighted by atomic mass is 16.5. The summed E-state index contributed by atoms with van der Waals surface area (Å²) in [5.74, 6) is -0.166. The Morgan fingerprint density at radius 2 is 1.88 bits per heavy atom. The van der Waals surface area contributed by atoms with E-state index >= 15 is 0 Å². The maximum atomic E-state index is 12.7. The normalized spacial score (nSPS) is 22.6. The summed E-state index contributed by atoms with van der Waals surface area (Å²) < 4.78 is 7.53. The summed E-state index contributed by atoms with van der Waals surface area (Å²) in [4.78, 5) is 12.7. The average molecular weight is 356 g/mol. The highest BCUT2D eigenvalue weighted by Gasteiger charge is 2.39. The zero-order valence-electron chi connectivity index (χ0n) is 16.2. The fourth-order valence-corrected chi connectivity index (χ4v) is 3.80. The summed E-state index contributed by atoms with van der Waals surface area (Å²) >= 11 is 0. The van der Waals surface area contributed by atoms with Gasteiger partial charge in [0.25, 0.3) is 5.91 Å². The molecule has 1 fully saturated rings. The fourth-order valence-electron chi connectivity index (χ4n) is 3.80. The van der Waals surface area contributed by atoms with Crippen molar-refractivity contribution in [2.45, 2.75) is 52.7 Å². The molecule has 1 amide bonds. The lowest BCUT2D eigenvalue weighted by Gasteiger charge is -2.26. The van der Waals surface area contributed by atoms with Gasteiger partial charge < -0.3 is 19.7 Å². The number of nitrogens with zero attached hydrogens (tertiary/aromatic N) is 1. The predicted molar refractivity (Wildman–Crippen MR) is 102 cm³/mol. The first-order valence-corrected chi connectivity index (χ1v) is 9.11. The van der Waals surface area contributed by atoms with Crippen molar-refractivity contribution < 1.29 is 14.6 Å². The minimum atomic E-state index is -0.991. The van der Waals surface area contributed by atoms with Crippen LogP contribution in [0.15, 0.2) is 24.3 Å². The van der Waals surface area contributed by atoms with E-state index < -0.39 is 5.60 Å². The molecule has 1 aliphatic heterocycles. The molecule has 26 heavy (non-hydrogen) atoms. The zero-order chi connectivity index (χ0) is 19.1. The second-order valence-electron chi connectivity index (χ2n) is 7.52. The van der Waals surface area contributed by atoms with E-state index in [0.717, 1.165) is 17.1 Å². The predicted octanol–water partition coefficient (Wildman–Crippen LogP) is 2.98. The second kappa shape index (κ2) is 6.89. The number of aryl methyl sites for hydroxylation is 3. The lowest BCUT2D eigenvalue weighted by atomic mass is 9.96. The molecule has 1 saturated heterocycles. The molecule has 5 nitrogen and oxygen atoms in total. The van der Waals surface area contributed by atoms with Crippen LogP contribution in [0.3, 0.4) is 0 Å². The van der Waals surface area contributed by atoms with Crippen molar-refractivity contribution in [1.82, 2.24) is 9.88 Å². The number of nitrogens with one attached hydrogen (secondary N) is 1. The Hall–Kier alpha value is -2.11. The summed E-state index contributed by atoms with van der Waals surface area (Å²) in [6.45, 7) is 10.7. The first kappa shape index (κ1) is 18.7. The summed E-state index contributed by atoms with van der Waals surface area (Å²) in [5.41, 5.74) is 4.99. The van der Waals surface area contributed by atoms with Crippen molar-refractivity contribution in [3.05, 3.63) is 52.3 Å². The van der Waals surface area contributed by atoms with Crippen molar-refractivity contribution in [3.8, 4) is 5.69 Å². The first-order chi connectivity index (χ1) is 12.2. The molecule has 1 aromatic heterocycles. The van der Waals surface area contributed by atoms with Crippen molar-refractivity contribution in [1.29, 1.82) is 0 Å². The van der Waals surface area contributed by atoms with E-state index in [4.69, 9.17) is 4.74 Å². The smallest absolute Gasteiger partial charge is 0.253 e. The van der Waals surface area contributed by atoms with E-state index in [2.05, 4.69) is 41.9 Å². The number of benzene rings is 1. The molecule has 140 valence electrons. The minimum absolute atomic E-state index is 0.166. The molecule has 1 aliphatic rings. The van der Waals surface area contributed by atoms with E-state index in [1.807, 2.05) is 26.8 Å². The van der Waals surface area contributed by atoms with Gasteiger partial charge in [-0.1, -0.05) is 6.07 Å². The van der Waals surface area contributed by atoms with Crippen LogP contribution in [0.5, 0.6) is 0 Å². The lowest BCUT2D eigenvalue weighted by molar-refractivity contribution is -0.0251. The Labute approximate surface area is 155 Å². The Morgan fingerprint density at radius 1 is 1.23 bits per heavy atom. The third-order valence-electron chi connectivity index (χ3n) is 5.36. The maximum Gasteiger partial charge on any atom is 0.253 e. The van der Waals surface area contributed by atoms with Gasteiger partial charge in [0.1, 0.15) is 5.60 Å². The molecule has 0 saturated carbocycles. The van der Waals surface area contributed by atoms with Crippen LogP contribution in [-0.2, 0) is 4.74 Å². The molecule has 1 aromatic carbocycles. The first-order valence-electron chi connectivity index (χ1n) is 9.11. The maximum absolute atomic E-state index is 12.7. The van der Waals surface area contributed by atoms with Crippen molar-refractivity contribution in [3.63, 3.8) is 0 Å². The molecule has 0 spiro atoms. The molecule has 2 aromatic rings. The van der Waals surface area contributed by atoms with Gasteiger partial charge in [-0.3, -0.25) is 4.79 Å². The highest BCUT2D eigenvalue weighted by Crippen LogP contribution is 2.26. The molecule has 0 aliphatic carbocycles. The summed E-state index contributed by atoms with van der Waals surface area (Å²) in [7, 11) is 0. The highest BCUT2D eigenvalue weighted by molar-refractivity contribution is 5.96. The quantitative estimate of drug-likeness (QED) is 0.885. The van der Waals surface area contributed by atoms with Gasteiger partial charge in [-0.15, -0.1) is 0 Å². The molecule has 0 bridgehead atoms. The largest absolute Gasteiger partial charge is 0.385 e. The SMILES string of the molecule is Cc1cc(C)cc(-n2c(C)cc(C(=O)NC[C@]3(O)CCO[C@H]3C)c2C)c1. The van der Waals surface area contributed by atoms with Gasteiger partial charge in [-0.05, 0) is 63.9 Å². The van der Waals surface area contributed by atoms with E-state index in [1.54, 1.807) is 0 Å². The molecule has 0 unspecified atom stereocenters. The van der Waals surface area contributed by atoms with Crippen LogP contribution < -0.4 is 5.32 Å². The molecular weight excluding hydrogens is 328 g/mol. The van der Waals surface area contributed by atoms with Gasteiger partial charge in [0.15, 0.2) is 0 Å². The third kappa shape index (κ3) is 3.41. The average Bonchev–Trinajstić information content (AvgIpc) is 3.04. The van der Waals surface area contributed by atoms with Crippen LogP contribution in [0.2, 0.25) is 0 Å². The number of hydrogen-bond donors (Lipinski definition) is 2. The molecule has 2 heterocycles. The van der Waals surface area contributed by atoms with E-state index in [0.29, 0.717) is 18.6 Å². The van der Waals surface area contributed by atoms with Gasteiger partial charge in [0, 0.05) is 36.6 Å². The Balaban J connectivity index is 1.84. The summed E-state index contributed by atoms with van der Waals surface area (Å²) in [5, 5.41) is 13.5. The minimum Gasteiger partial charge on any atom is -0.385 e. The monoisotopic (exact) mass is 356 g/mol. The number of amides is 1. The van der Waals surface area contributed by atoms with Gasteiger partial charge in [-0.2, -0.15) is 0 Å². The third-order valence-corrected chi connectivity index (χ3v) is 5.36. The molecule has 0 radical (unpaired) electrons. The van der Waals surface area contributed by atoms with E-state index in [9.17, 15) is 9.90 Å². The number of carbonyl (C=O) groups is 1. The topological polar surface area (TPSA) is 63.5 Å². The summed E-state index contributed by atoms with van der Waals surface area (Å²) in [6, 6.07) is 8.28. The summed E-state index contributed by atoms with van der Waals surface area (Å²) in [6.07, 6.45) is 0.265. The molecular formula is C21H28N2O3. The standard InChI is InChI=1S/C21H28N2O3/c1-13-8-14(2)10-18(9-13)23-15(3)11-19(16(23)4)20(24)22-12-21(25)6-7-26-17(21)5/h8-11,17,25H,6-7,12H2,1-5H3,(H,22,24)/t17-,21+/m0/s1. The lowest BCUT2D eigenvalue weighted by Crippen LogP contribution is -2.47.